The van der Waals surface area contributed by atoms with Crippen molar-refractivity contribution in [2.75, 3.05) is 19.8 Å². The van der Waals surface area contributed by atoms with Crippen LogP contribution in [0.25, 0.3) is 0 Å². The first kappa shape index (κ1) is 55.2. The third-order valence-corrected chi connectivity index (χ3v) is 18.8. The highest BCUT2D eigenvalue weighted by Gasteiger charge is 2.64. The Kier molecular flexibility index (Phi) is 16.7. The van der Waals surface area contributed by atoms with Gasteiger partial charge in [-0.15, -0.1) is 0 Å². The number of hydrogen-bond acceptors (Lipinski definition) is 21. The molecule has 4 saturated heterocycles. The Labute approximate surface area is 420 Å². The summed E-state index contributed by atoms with van der Waals surface area (Å²) in [6, 6.07) is 0. The molecule has 9 rings (SSSR count). The Morgan fingerprint density at radius 3 is 1.89 bits per heavy atom. The second-order valence-corrected chi connectivity index (χ2v) is 23.2. The van der Waals surface area contributed by atoms with Crippen molar-refractivity contribution in [3.05, 3.63) is 23.0 Å². The first-order valence-electron chi connectivity index (χ1n) is 26.4. The minimum Gasteiger partial charge on any atom is -0.494 e. The molecule has 21 heteroatoms. The number of rotatable bonds is 14. The van der Waals surface area contributed by atoms with Gasteiger partial charge in [-0.25, -0.2) is 0 Å². The number of aliphatic hydroxyl groups excluding tert-OH is 12. The van der Waals surface area contributed by atoms with Gasteiger partial charge in [-0.1, -0.05) is 32.4 Å². The summed E-state index contributed by atoms with van der Waals surface area (Å²) in [5, 5.41) is 126. The monoisotopic (exact) mass is 1030 g/mol. The third kappa shape index (κ3) is 9.90. The standard InChI is InChI=1S/C51H82O21/c1-20(19-64-46-40(60)39(59)36(56)31(17-52)69-46)7-10-29-21(2)33-30(68-29)16-28-26-9-8-24-15-25(11-13-50(24,5)27(26)12-14-51(28,33)6)67-49-45(72-48-42(62)38(58)35(55)23(4)66-48)43(63)44(32(18-53)70-49)71-47-41(61)37(57)34(54)22(3)65-47/h8,20,22-23,25-28,30-49,52-63H,7,9-19H2,1-6H3/t20?,22?,23?,25?,26?,27?,28?,30?,31?,32?,33?,34?,35?,36?,37?,38?,39?,40?,41?,42?,43?,44?,45?,46?,47?,48?,49?,50-,51-/m0/s1. The van der Waals surface area contributed by atoms with Crippen LogP contribution in [0.15, 0.2) is 23.0 Å². The van der Waals surface area contributed by atoms with E-state index in [0.717, 1.165) is 50.7 Å². The van der Waals surface area contributed by atoms with E-state index in [1.165, 1.54) is 25.0 Å². The molecule has 0 amide bonds. The van der Waals surface area contributed by atoms with Crippen molar-refractivity contribution < 1.29 is 104 Å². The Bertz CT molecular complexity index is 1920. The maximum atomic E-state index is 12.0. The first-order chi connectivity index (χ1) is 34.1. The average Bonchev–Trinajstić information content (AvgIpc) is 3.85. The molecule has 7 fully saturated rings. The molecule has 29 atom stereocenters. The zero-order valence-electron chi connectivity index (χ0n) is 42.2. The molecule has 0 bridgehead atoms. The quantitative estimate of drug-likeness (QED) is 0.0926. The van der Waals surface area contributed by atoms with Crippen molar-refractivity contribution in [3.63, 3.8) is 0 Å². The van der Waals surface area contributed by atoms with Crippen LogP contribution in [0.2, 0.25) is 0 Å². The van der Waals surface area contributed by atoms with Crippen LogP contribution in [-0.4, -0.2) is 216 Å². The molecule has 0 aromatic rings. The van der Waals surface area contributed by atoms with Gasteiger partial charge in [0.2, 0.25) is 0 Å². The second kappa shape index (κ2) is 21.7. The summed E-state index contributed by atoms with van der Waals surface area (Å²) in [5.74, 6) is 2.80. The molecule has 5 aliphatic heterocycles. The van der Waals surface area contributed by atoms with Crippen molar-refractivity contribution in [1.82, 2.24) is 0 Å². The fourth-order valence-corrected chi connectivity index (χ4v) is 14.5. The molecule has 5 heterocycles. The highest BCUT2D eigenvalue weighted by atomic mass is 16.8. The van der Waals surface area contributed by atoms with E-state index in [2.05, 4.69) is 26.8 Å². The number of allylic oxidation sites excluding steroid dienone is 2. The molecule has 72 heavy (non-hydrogen) atoms. The molecule has 4 aliphatic carbocycles. The van der Waals surface area contributed by atoms with Crippen molar-refractivity contribution >= 4 is 0 Å². The minimum absolute atomic E-state index is 0.0680. The molecule has 0 aromatic heterocycles. The lowest BCUT2D eigenvalue weighted by atomic mass is 9.47. The van der Waals surface area contributed by atoms with Gasteiger partial charge in [0, 0.05) is 12.3 Å². The number of hydrogen-bond donors (Lipinski definition) is 12. The van der Waals surface area contributed by atoms with E-state index in [0.29, 0.717) is 36.5 Å². The van der Waals surface area contributed by atoms with Crippen LogP contribution in [-0.2, 0) is 42.6 Å². The fourth-order valence-electron chi connectivity index (χ4n) is 14.5. The lowest BCUT2D eigenvalue weighted by Gasteiger charge is -2.58. The summed E-state index contributed by atoms with van der Waals surface area (Å²) in [7, 11) is 0. The Morgan fingerprint density at radius 1 is 0.653 bits per heavy atom. The van der Waals surface area contributed by atoms with Crippen molar-refractivity contribution in [1.29, 1.82) is 0 Å². The lowest BCUT2D eigenvalue weighted by Crippen LogP contribution is -2.66. The summed E-state index contributed by atoms with van der Waals surface area (Å²) in [6.07, 6.45) is -18.8. The summed E-state index contributed by atoms with van der Waals surface area (Å²) >= 11 is 0. The normalized spacial score (nSPS) is 52.9. The van der Waals surface area contributed by atoms with E-state index in [9.17, 15) is 61.3 Å². The van der Waals surface area contributed by atoms with Gasteiger partial charge in [0.05, 0.1) is 43.9 Å². The van der Waals surface area contributed by atoms with Gasteiger partial charge in [0.25, 0.3) is 0 Å². The van der Waals surface area contributed by atoms with Crippen LogP contribution in [0, 0.1) is 40.4 Å². The minimum atomic E-state index is -1.74. The van der Waals surface area contributed by atoms with Gasteiger partial charge in [0.1, 0.15) is 91.6 Å². The maximum Gasteiger partial charge on any atom is 0.187 e. The van der Waals surface area contributed by atoms with Crippen LogP contribution in [0.4, 0.5) is 0 Å². The maximum absolute atomic E-state index is 12.0. The molecule has 9 aliphatic rings. The van der Waals surface area contributed by atoms with Crippen molar-refractivity contribution in [3.8, 4) is 0 Å². The van der Waals surface area contributed by atoms with Crippen molar-refractivity contribution in [2.45, 2.75) is 234 Å². The van der Waals surface area contributed by atoms with Crippen molar-refractivity contribution in [2.24, 2.45) is 40.4 Å². The van der Waals surface area contributed by atoms with E-state index in [1.54, 1.807) is 0 Å². The highest BCUT2D eigenvalue weighted by Crippen LogP contribution is 2.69. The van der Waals surface area contributed by atoms with Crippen LogP contribution in [0.1, 0.15) is 99.3 Å². The lowest BCUT2D eigenvalue weighted by molar-refractivity contribution is -0.388. The molecule has 12 N–H and O–H groups in total. The highest BCUT2D eigenvalue weighted by molar-refractivity contribution is 5.30. The van der Waals surface area contributed by atoms with Gasteiger partial charge < -0.3 is 104 Å². The molecule has 412 valence electrons. The zero-order valence-corrected chi connectivity index (χ0v) is 42.2. The summed E-state index contributed by atoms with van der Waals surface area (Å²) in [4.78, 5) is 0. The molecule has 3 saturated carbocycles. The second-order valence-electron chi connectivity index (χ2n) is 23.2. The van der Waals surface area contributed by atoms with Gasteiger partial charge in [-0.3, -0.25) is 0 Å². The van der Waals surface area contributed by atoms with E-state index >= 15 is 0 Å². The Balaban J connectivity index is 0.849. The predicted molar refractivity (Wildman–Crippen MR) is 247 cm³/mol. The van der Waals surface area contributed by atoms with E-state index < -0.39 is 142 Å². The van der Waals surface area contributed by atoms with E-state index in [4.69, 9.17) is 42.6 Å². The summed E-state index contributed by atoms with van der Waals surface area (Å²) in [6.45, 7) is 11.1. The smallest absolute Gasteiger partial charge is 0.187 e. The van der Waals surface area contributed by atoms with Gasteiger partial charge in [-0.05, 0) is 112 Å². The number of ether oxygens (including phenoxy) is 9. The van der Waals surface area contributed by atoms with Gasteiger partial charge >= 0.3 is 0 Å². The molecular formula is C51H82O21. The summed E-state index contributed by atoms with van der Waals surface area (Å²) < 4.78 is 54.8. The molecule has 0 spiro atoms. The zero-order chi connectivity index (χ0) is 51.9. The molecule has 21 nitrogen and oxygen atoms in total. The predicted octanol–water partition coefficient (Wildman–Crippen LogP) is -1.03. The fraction of sp³-hybridized carbons (Fsp3) is 0.922. The van der Waals surface area contributed by atoms with Crippen LogP contribution >= 0.6 is 0 Å². The Morgan fingerprint density at radius 2 is 1.25 bits per heavy atom. The average molecular weight is 1030 g/mol. The van der Waals surface area contributed by atoms with Crippen LogP contribution in [0.5, 0.6) is 0 Å². The first-order valence-corrected chi connectivity index (χ1v) is 26.4. The molecule has 0 radical (unpaired) electrons. The SMILES string of the molecule is CC1=C(CCC(C)COC2OC(CO)C(O)C(O)C2O)OC2CC3C4CC=C5CC(OC6OC(CO)C(OC7OC(C)C(O)C(O)C7O)C(O)C6OC6OC(C)C(O)C(O)C6O)CC[C@]5(C)C4CC[C@]3(C)C12. The van der Waals surface area contributed by atoms with Gasteiger partial charge in [0.15, 0.2) is 25.2 Å². The largest absolute Gasteiger partial charge is 0.494 e. The van der Waals surface area contributed by atoms with Crippen LogP contribution in [0.3, 0.4) is 0 Å². The Hall–Kier alpha value is -1.52. The van der Waals surface area contributed by atoms with Crippen LogP contribution < -0.4 is 0 Å². The topological polar surface area (TPSA) is 326 Å². The number of fused-ring (bicyclic) bond motifs is 7. The van der Waals surface area contributed by atoms with Gasteiger partial charge in [-0.2, -0.15) is 0 Å². The number of aliphatic hydroxyl groups is 12. The molecular weight excluding hydrogens is 949 g/mol. The third-order valence-electron chi connectivity index (χ3n) is 18.8. The summed E-state index contributed by atoms with van der Waals surface area (Å²) in [5.41, 5.74) is 2.59. The molecule has 0 aromatic carbocycles. The van der Waals surface area contributed by atoms with E-state index in [-0.39, 0.29) is 29.5 Å². The van der Waals surface area contributed by atoms with E-state index in [1.807, 2.05) is 6.92 Å². The molecule has 27 unspecified atom stereocenters.